The van der Waals surface area contributed by atoms with Crippen LogP contribution in [0.4, 0.5) is 11.4 Å². The van der Waals surface area contributed by atoms with Gasteiger partial charge in [0.15, 0.2) is 0 Å². The molecule has 0 bridgehead atoms. The second-order valence-electron chi connectivity index (χ2n) is 7.80. The van der Waals surface area contributed by atoms with E-state index in [2.05, 4.69) is 4.90 Å². The Morgan fingerprint density at radius 2 is 1.68 bits per heavy atom. The molecular weight excluding hydrogens is 414 g/mol. The Morgan fingerprint density at radius 3 is 2.23 bits per heavy atom. The molecule has 1 aliphatic heterocycles. The number of anilines is 2. The fourth-order valence-electron chi connectivity index (χ4n) is 4.00. The summed E-state index contributed by atoms with van der Waals surface area (Å²) in [5.74, 6) is 0.643. The van der Waals surface area contributed by atoms with Crippen LogP contribution in [0.1, 0.15) is 18.9 Å². The molecule has 0 aromatic heterocycles. The van der Waals surface area contributed by atoms with Gasteiger partial charge in [-0.05, 0) is 37.6 Å². The quantitative estimate of drug-likeness (QED) is 0.655. The van der Waals surface area contributed by atoms with Crippen molar-refractivity contribution in [2.24, 2.45) is 0 Å². The molecule has 1 amide bonds. The van der Waals surface area contributed by atoms with Crippen LogP contribution in [0.15, 0.2) is 48.5 Å². The predicted molar refractivity (Wildman–Crippen MR) is 124 cm³/mol. The van der Waals surface area contributed by atoms with Gasteiger partial charge in [-0.2, -0.15) is 0 Å². The molecule has 0 N–H and O–H groups in total. The minimum absolute atomic E-state index is 0.159. The number of ether oxygens (including phenoxy) is 1. The summed E-state index contributed by atoms with van der Waals surface area (Å²) in [6.07, 6.45) is 1.55. The molecule has 0 saturated carbocycles. The lowest BCUT2D eigenvalue weighted by Crippen LogP contribution is -2.56. The van der Waals surface area contributed by atoms with Crippen molar-refractivity contribution in [1.29, 1.82) is 0 Å². The minimum Gasteiger partial charge on any atom is -0.495 e. The summed E-state index contributed by atoms with van der Waals surface area (Å²) < 4.78 is 32.0. The highest BCUT2D eigenvalue weighted by Crippen LogP contribution is 2.29. The first-order chi connectivity index (χ1) is 14.8. The number of nitrogens with zero attached hydrogens (tertiary/aromatic N) is 3. The summed E-state index contributed by atoms with van der Waals surface area (Å²) in [5.41, 5.74) is 2.55. The van der Waals surface area contributed by atoms with Crippen molar-refractivity contribution < 1.29 is 17.9 Å². The van der Waals surface area contributed by atoms with Gasteiger partial charge in [0.1, 0.15) is 11.8 Å². The molecule has 1 fully saturated rings. The van der Waals surface area contributed by atoms with Crippen LogP contribution in [0.2, 0.25) is 0 Å². The number of aryl methyl sites for hydroxylation is 1. The van der Waals surface area contributed by atoms with E-state index in [0.29, 0.717) is 38.3 Å². The van der Waals surface area contributed by atoms with Crippen LogP contribution in [0.3, 0.4) is 0 Å². The van der Waals surface area contributed by atoms with Crippen molar-refractivity contribution >= 4 is 27.3 Å². The Hall–Kier alpha value is -2.74. The predicted octanol–water partition coefficient (Wildman–Crippen LogP) is 2.90. The van der Waals surface area contributed by atoms with Crippen LogP contribution in [0.25, 0.3) is 0 Å². The number of carbonyl (C=O) groups is 1. The number of hydrogen-bond donors (Lipinski definition) is 0. The van der Waals surface area contributed by atoms with E-state index in [9.17, 15) is 13.2 Å². The zero-order valence-electron chi connectivity index (χ0n) is 18.6. The van der Waals surface area contributed by atoms with Crippen LogP contribution in [-0.2, 0) is 14.8 Å². The molecule has 7 nitrogen and oxygen atoms in total. The van der Waals surface area contributed by atoms with Gasteiger partial charge in [-0.15, -0.1) is 0 Å². The van der Waals surface area contributed by atoms with Crippen molar-refractivity contribution in [3.63, 3.8) is 0 Å². The number of sulfonamides is 1. The average molecular weight is 446 g/mol. The molecule has 0 aliphatic carbocycles. The number of hydrogen-bond acceptors (Lipinski definition) is 5. The first-order valence-corrected chi connectivity index (χ1v) is 12.3. The van der Waals surface area contributed by atoms with E-state index in [1.807, 2.05) is 50.2 Å². The fraction of sp³-hybridized carbons (Fsp3) is 0.435. The molecule has 31 heavy (non-hydrogen) atoms. The van der Waals surface area contributed by atoms with Gasteiger partial charge in [0.05, 0.1) is 24.7 Å². The molecule has 0 radical (unpaired) electrons. The zero-order chi connectivity index (χ0) is 22.6. The fourth-order valence-corrected chi connectivity index (χ4v) is 5.21. The molecule has 1 saturated heterocycles. The summed E-state index contributed by atoms with van der Waals surface area (Å²) in [7, 11) is -1.98. The summed E-state index contributed by atoms with van der Waals surface area (Å²) >= 11 is 0. The molecule has 3 rings (SSSR count). The van der Waals surface area contributed by atoms with E-state index >= 15 is 0 Å². The highest BCUT2D eigenvalue weighted by Gasteiger charge is 2.35. The summed E-state index contributed by atoms with van der Waals surface area (Å²) in [5, 5.41) is 0. The maximum Gasteiger partial charge on any atom is 0.246 e. The molecule has 2 aromatic rings. The van der Waals surface area contributed by atoms with E-state index in [0.717, 1.165) is 23.3 Å². The molecule has 1 heterocycles. The smallest absolute Gasteiger partial charge is 0.246 e. The lowest BCUT2D eigenvalue weighted by Gasteiger charge is -2.39. The zero-order valence-corrected chi connectivity index (χ0v) is 19.4. The van der Waals surface area contributed by atoms with Crippen molar-refractivity contribution in [3.05, 3.63) is 54.1 Å². The molecule has 0 unspecified atom stereocenters. The monoisotopic (exact) mass is 445 g/mol. The highest BCUT2D eigenvalue weighted by molar-refractivity contribution is 7.92. The van der Waals surface area contributed by atoms with Crippen LogP contribution >= 0.6 is 0 Å². The first kappa shape index (κ1) is 22.9. The number of benzene rings is 2. The van der Waals surface area contributed by atoms with Gasteiger partial charge in [0.2, 0.25) is 15.9 Å². The van der Waals surface area contributed by atoms with Gasteiger partial charge < -0.3 is 14.5 Å². The highest BCUT2D eigenvalue weighted by atomic mass is 32.2. The molecule has 1 aliphatic rings. The molecule has 1 atom stereocenters. The number of rotatable bonds is 7. The Balaban J connectivity index is 1.78. The van der Waals surface area contributed by atoms with Crippen LogP contribution in [0.5, 0.6) is 5.75 Å². The second kappa shape index (κ2) is 9.60. The van der Waals surface area contributed by atoms with Crippen molar-refractivity contribution in [3.8, 4) is 5.75 Å². The normalized spacial score (nSPS) is 15.5. The van der Waals surface area contributed by atoms with E-state index in [-0.39, 0.29) is 5.91 Å². The SMILES string of the molecule is CC[C@H](C(=O)N1CCN(c2ccccc2OC)CC1)N(c1ccc(C)cc1)S(C)(=O)=O. The molecular formula is C23H31N3O4S. The third-order valence-electron chi connectivity index (χ3n) is 5.62. The molecule has 0 spiro atoms. The third kappa shape index (κ3) is 5.12. The largest absolute Gasteiger partial charge is 0.495 e. The van der Waals surface area contributed by atoms with Crippen molar-refractivity contribution in [2.75, 3.05) is 48.7 Å². The van der Waals surface area contributed by atoms with Crippen LogP contribution in [0, 0.1) is 6.92 Å². The Morgan fingerprint density at radius 1 is 1.06 bits per heavy atom. The number of amides is 1. The lowest BCUT2D eigenvalue weighted by atomic mass is 10.1. The summed E-state index contributed by atoms with van der Waals surface area (Å²) in [6, 6.07) is 14.3. The minimum atomic E-state index is -3.63. The first-order valence-electron chi connectivity index (χ1n) is 10.5. The maximum absolute atomic E-state index is 13.4. The van der Waals surface area contributed by atoms with Gasteiger partial charge in [0.25, 0.3) is 0 Å². The summed E-state index contributed by atoms with van der Waals surface area (Å²) in [4.78, 5) is 17.4. The Labute approximate surface area is 185 Å². The summed E-state index contributed by atoms with van der Waals surface area (Å²) in [6.45, 7) is 6.16. The number of carbonyl (C=O) groups excluding carboxylic acids is 1. The number of methoxy groups -OCH3 is 1. The van der Waals surface area contributed by atoms with Gasteiger partial charge in [0, 0.05) is 26.2 Å². The van der Waals surface area contributed by atoms with Gasteiger partial charge in [-0.3, -0.25) is 9.10 Å². The molecule has 168 valence electrons. The molecule has 2 aromatic carbocycles. The van der Waals surface area contributed by atoms with E-state index in [1.54, 1.807) is 24.1 Å². The van der Waals surface area contributed by atoms with E-state index in [4.69, 9.17) is 4.74 Å². The maximum atomic E-state index is 13.4. The van der Waals surface area contributed by atoms with Crippen molar-refractivity contribution in [2.45, 2.75) is 26.3 Å². The second-order valence-corrected chi connectivity index (χ2v) is 9.66. The van der Waals surface area contributed by atoms with Crippen molar-refractivity contribution in [1.82, 2.24) is 4.90 Å². The molecule has 8 heteroatoms. The third-order valence-corrected chi connectivity index (χ3v) is 6.80. The number of para-hydroxylation sites is 2. The standard InChI is InChI=1S/C23H31N3O4S/c1-5-20(26(31(4,28)29)19-12-10-18(2)11-13-19)23(27)25-16-14-24(15-17-25)21-8-6-7-9-22(21)30-3/h6-13,20H,5,14-17H2,1-4H3/t20-/m1/s1. The Kier molecular flexibility index (Phi) is 7.10. The average Bonchev–Trinajstić information content (AvgIpc) is 2.77. The van der Waals surface area contributed by atoms with E-state index < -0.39 is 16.1 Å². The van der Waals surface area contributed by atoms with Crippen LogP contribution < -0.4 is 13.9 Å². The van der Waals surface area contributed by atoms with Crippen LogP contribution in [-0.4, -0.2) is 64.8 Å². The van der Waals surface area contributed by atoms with E-state index in [1.165, 1.54) is 4.31 Å². The van der Waals surface area contributed by atoms with Gasteiger partial charge in [-0.25, -0.2) is 8.42 Å². The lowest BCUT2D eigenvalue weighted by molar-refractivity contribution is -0.132. The van der Waals surface area contributed by atoms with Gasteiger partial charge in [-0.1, -0.05) is 36.8 Å². The topological polar surface area (TPSA) is 70.2 Å². The Bertz CT molecular complexity index is 1000. The van der Waals surface area contributed by atoms with Gasteiger partial charge >= 0.3 is 0 Å². The number of piperazine rings is 1.